The third-order valence-corrected chi connectivity index (χ3v) is 7.59. The quantitative estimate of drug-likeness (QED) is 0.180. The standard InChI is InChI=1S/C32H26Cl2O4/c33-26-13-7-22(8-14-26)30(35)37-28-17-11-24(12-18-28)32(19-2-1-3-20-32)25-5-4-6-29(21-25)38-31(36)23-9-15-27(34)16-10-23/h4-18,21H,1-3,19-20H2. The molecule has 0 aromatic heterocycles. The molecule has 0 aliphatic heterocycles. The summed E-state index contributed by atoms with van der Waals surface area (Å²) < 4.78 is 11.3. The highest BCUT2D eigenvalue weighted by Gasteiger charge is 2.36. The van der Waals surface area contributed by atoms with Crippen molar-refractivity contribution in [3.8, 4) is 11.5 Å². The fraction of sp³-hybridized carbons (Fsp3) is 0.188. The number of hydrogen-bond donors (Lipinski definition) is 0. The molecule has 6 heteroatoms. The van der Waals surface area contributed by atoms with Crippen molar-refractivity contribution in [1.82, 2.24) is 0 Å². The van der Waals surface area contributed by atoms with E-state index in [0.29, 0.717) is 32.7 Å². The fourth-order valence-electron chi connectivity index (χ4n) is 5.10. The Morgan fingerprint density at radius 1 is 0.579 bits per heavy atom. The van der Waals surface area contributed by atoms with Gasteiger partial charge in [0, 0.05) is 15.5 Å². The summed E-state index contributed by atoms with van der Waals surface area (Å²) in [4.78, 5) is 25.2. The summed E-state index contributed by atoms with van der Waals surface area (Å²) >= 11 is 11.9. The van der Waals surface area contributed by atoms with Gasteiger partial charge in [0.25, 0.3) is 0 Å². The van der Waals surface area contributed by atoms with Crippen LogP contribution in [-0.4, -0.2) is 11.9 Å². The zero-order chi connectivity index (χ0) is 26.5. The van der Waals surface area contributed by atoms with Crippen LogP contribution in [0.3, 0.4) is 0 Å². The maximum atomic E-state index is 12.7. The van der Waals surface area contributed by atoms with Crippen molar-refractivity contribution < 1.29 is 19.1 Å². The Hall–Kier alpha value is -3.60. The molecule has 0 N–H and O–H groups in total. The van der Waals surface area contributed by atoms with E-state index in [9.17, 15) is 9.59 Å². The Bertz CT molecular complexity index is 1420. The molecule has 0 saturated heterocycles. The van der Waals surface area contributed by atoms with Crippen LogP contribution in [0.25, 0.3) is 0 Å². The summed E-state index contributed by atoms with van der Waals surface area (Å²) in [6.45, 7) is 0. The first kappa shape index (κ1) is 26.0. The Labute approximate surface area is 232 Å². The lowest BCUT2D eigenvalue weighted by molar-refractivity contribution is 0.0724. The number of benzene rings is 4. The lowest BCUT2D eigenvalue weighted by Gasteiger charge is -2.39. The van der Waals surface area contributed by atoms with Crippen molar-refractivity contribution in [2.45, 2.75) is 37.5 Å². The van der Waals surface area contributed by atoms with Gasteiger partial charge in [-0.3, -0.25) is 0 Å². The minimum atomic E-state index is -0.433. The molecule has 4 aromatic carbocycles. The van der Waals surface area contributed by atoms with E-state index in [0.717, 1.165) is 36.8 Å². The summed E-state index contributed by atoms with van der Waals surface area (Å²) in [5.74, 6) is 0.117. The van der Waals surface area contributed by atoms with Gasteiger partial charge in [-0.15, -0.1) is 0 Å². The van der Waals surface area contributed by atoms with Gasteiger partial charge in [-0.2, -0.15) is 0 Å². The highest BCUT2D eigenvalue weighted by molar-refractivity contribution is 6.31. The van der Waals surface area contributed by atoms with Crippen LogP contribution in [0.4, 0.5) is 0 Å². The van der Waals surface area contributed by atoms with Gasteiger partial charge in [0.2, 0.25) is 0 Å². The number of ether oxygens (including phenoxy) is 2. The molecule has 4 aromatic rings. The molecule has 192 valence electrons. The summed E-state index contributed by atoms with van der Waals surface area (Å²) in [7, 11) is 0. The first-order chi connectivity index (χ1) is 18.4. The van der Waals surface area contributed by atoms with Gasteiger partial charge in [0.05, 0.1) is 11.1 Å². The molecule has 1 aliphatic carbocycles. The molecular weight excluding hydrogens is 519 g/mol. The van der Waals surface area contributed by atoms with Crippen molar-refractivity contribution in [1.29, 1.82) is 0 Å². The van der Waals surface area contributed by atoms with Gasteiger partial charge in [-0.05, 0) is 96.8 Å². The molecule has 1 saturated carbocycles. The number of esters is 2. The third kappa shape index (κ3) is 5.77. The molecule has 0 unspecified atom stereocenters. The summed E-state index contributed by atoms with van der Waals surface area (Å²) in [6.07, 6.45) is 5.34. The average molecular weight is 545 g/mol. The number of carbonyl (C=O) groups is 2. The molecule has 0 atom stereocenters. The van der Waals surface area contributed by atoms with Gasteiger partial charge in [-0.25, -0.2) is 9.59 Å². The van der Waals surface area contributed by atoms with E-state index < -0.39 is 11.9 Å². The minimum absolute atomic E-state index is 0.223. The molecule has 0 heterocycles. The second kappa shape index (κ2) is 11.4. The summed E-state index contributed by atoms with van der Waals surface area (Å²) in [6, 6.07) is 28.8. The van der Waals surface area contributed by atoms with Crippen molar-refractivity contribution >= 4 is 35.1 Å². The molecule has 0 amide bonds. The van der Waals surface area contributed by atoms with Crippen LogP contribution >= 0.6 is 23.2 Å². The van der Waals surface area contributed by atoms with E-state index in [1.54, 1.807) is 54.6 Å². The van der Waals surface area contributed by atoms with Gasteiger partial charge in [-0.1, -0.05) is 66.7 Å². The van der Waals surface area contributed by atoms with Crippen molar-refractivity contribution in [3.63, 3.8) is 0 Å². The molecule has 1 fully saturated rings. The first-order valence-electron chi connectivity index (χ1n) is 12.6. The average Bonchev–Trinajstić information content (AvgIpc) is 2.94. The Morgan fingerprint density at radius 3 is 1.66 bits per heavy atom. The Morgan fingerprint density at radius 2 is 1.11 bits per heavy atom. The van der Waals surface area contributed by atoms with Gasteiger partial charge < -0.3 is 9.47 Å². The molecule has 1 aliphatic rings. The largest absolute Gasteiger partial charge is 0.423 e. The number of carbonyl (C=O) groups excluding carboxylic acids is 2. The smallest absolute Gasteiger partial charge is 0.343 e. The molecule has 5 rings (SSSR count). The Kier molecular flexibility index (Phi) is 7.82. The van der Waals surface area contributed by atoms with Gasteiger partial charge in [0.15, 0.2) is 0 Å². The normalized spacial score (nSPS) is 14.5. The van der Waals surface area contributed by atoms with E-state index in [4.69, 9.17) is 32.7 Å². The van der Waals surface area contributed by atoms with Crippen LogP contribution in [0.5, 0.6) is 11.5 Å². The fourth-order valence-corrected chi connectivity index (χ4v) is 5.35. The van der Waals surface area contributed by atoms with Crippen LogP contribution < -0.4 is 9.47 Å². The van der Waals surface area contributed by atoms with E-state index in [-0.39, 0.29) is 5.41 Å². The number of rotatable bonds is 6. The molecule has 38 heavy (non-hydrogen) atoms. The van der Waals surface area contributed by atoms with Gasteiger partial charge in [0.1, 0.15) is 11.5 Å². The van der Waals surface area contributed by atoms with Crippen LogP contribution in [-0.2, 0) is 5.41 Å². The number of hydrogen-bond acceptors (Lipinski definition) is 4. The molecule has 0 bridgehead atoms. The van der Waals surface area contributed by atoms with Crippen LogP contribution in [0, 0.1) is 0 Å². The zero-order valence-electron chi connectivity index (χ0n) is 20.7. The monoisotopic (exact) mass is 544 g/mol. The zero-order valence-corrected chi connectivity index (χ0v) is 22.2. The topological polar surface area (TPSA) is 52.6 Å². The van der Waals surface area contributed by atoms with E-state index in [2.05, 4.69) is 6.07 Å². The van der Waals surface area contributed by atoms with Crippen LogP contribution in [0.15, 0.2) is 97.1 Å². The van der Waals surface area contributed by atoms with E-state index >= 15 is 0 Å². The second-order valence-electron chi connectivity index (χ2n) is 9.49. The second-order valence-corrected chi connectivity index (χ2v) is 10.4. The van der Waals surface area contributed by atoms with E-state index in [1.165, 1.54) is 6.42 Å². The SMILES string of the molecule is O=C(Oc1ccc(C2(c3cccc(OC(=O)c4ccc(Cl)cc4)c3)CCCCC2)cc1)c1ccc(Cl)cc1. The lowest BCUT2D eigenvalue weighted by Crippen LogP contribution is -2.30. The summed E-state index contributed by atoms with van der Waals surface area (Å²) in [5, 5.41) is 1.13. The third-order valence-electron chi connectivity index (χ3n) is 7.08. The van der Waals surface area contributed by atoms with Crippen molar-refractivity contribution in [2.24, 2.45) is 0 Å². The maximum absolute atomic E-state index is 12.7. The van der Waals surface area contributed by atoms with E-state index in [1.807, 2.05) is 36.4 Å². The lowest BCUT2D eigenvalue weighted by atomic mass is 9.65. The van der Waals surface area contributed by atoms with Crippen molar-refractivity contribution in [2.75, 3.05) is 0 Å². The highest BCUT2D eigenvalue weighted by Crippen LogP contribution is 2.46. The molecule has 0 spiro atoms. The molecule has 4 nitrogen and oxygen atoms in total. The first-order valence-corrected chi connectivity index (χ1v) is 13.4. The Balaban J connectivity index is 1.38. The molecular formula is C32H26Cl2O4. The summed E-state index contributed by atoms with van der Waals surface area (Å²) in [5.41, 5.74) is 2.90. The number of halogens is 2. The maximum Gasteiger partial charge on any atom is 0.343 e. The van der Waals surface area contributed by atoms with Gasteiger partial charge >= 0.3 is 11.9 Å². The predicted molar refractivity (Wildman–Crippen MR) is 150 cm³/mol. The highest BCUT2D eigenvalue weighted by atomic mass is 35.5. The molecule has 0 radical (unpaired) electrons. The minimum Gasteiger partial charge on any atom is -0.423 e. The van der Waals surface area contributed by atoms with Crippen LogP contribution in [0.2, 0.25) is 10.0 Å². The van der Waals surface area contributed by atoms with Crippen molar-refractivity contribution in [3.05, 3.63) is 129 Å². The van der Waals surface area contributed by atoms with Crippen LogP contribution in [0.1, 0.15) is 63.9 Å². The predicted octanol–water partition coefficient (Wildman–Crippen LogP) is 8.68.